The molecular weight excluding hydrogens is 449 g/mol. The third-order valence-electron chi connectivity index (χ3n) is 7.61. The molecule has 186 valence electrons. The SMILES string of the molecule is O=C([C@H]1CC[C@H](OC(F)(F)F)CC1)N1CCC(c2ccnc3[nH]c(C4CCOCC4)nc23)CC1. The van der Waals surface area contributed by atoms with Crippen molar-refractivity contribution in [2.24, 2.45) is 5.92 Å². The van der Waals surface area contributed by atoms with E-state index in [1.54, 1.807) is 0 Å². The van der Waals surface area contributed by atoms with Gasteiger partial charge in [-0.25, -0.2) is 9.97 Å². The van der Waals surface area contributed by atoms with Crippen LogP contribution in [0.4, 0.5) is 13.2 Å². The number of hydrogen-bond acceptors (Lipinski definition) is 5. The molecule has 0 radical (unpaired) electrons. The lowest BCUT2D eigenvalue weighted by Gasteiger charge is -2.36. The van der Waals surface area contributed by atoms with Gasteiger partial charge in [-0.1, -0.05) is 0 Å². The maximum absolute atomic E-state index is 13.0. The number of rotatable bonds is 4. The second kappa shape index (κ2) is 9.81. The normalized spacial score (nSPS) is 25.7. The third kappa shape index (κ3) is 5.22. The number of amides is 1. The molecule has 0 bridgehead atoms. The van der Waals surface area contributed by atoms with Crippen LogP contribution in [0, 0.1) is 5.92 Å². The highest BCUT2D eigenvalue weighted by molar-refractivity contribution is 5.79. The van der Waals surface area contributed by atoms with Gasteiger partial charge in [-0.2, -0.15) is 0 Å². The Kier molecular flexibility index (Phi) is 6.79. The second-order valence-corrected chi connectivity index (χ2v) is 9.74. The zero-order chi connectivity index (χ0) is 23.7. The van der Waals surface area contributed by atoms with Crippen molar-refractivity contribution in [3.05, 3.63) is 23.7 Å². The smallest absolute Gasteiger partial charge is 0.381 e. The number of H-pyrrole nitrogens is 1. The highest BCUT2D eigenvalue weighted by atomic mass is 19.4. The molecule has 1 amide bonds. The van der Waals surface area contributed by atoms with Gasteiger partial charge in [0.2, 0.25) is 5.91 Å². The highest BCUT2D eigenvalue weighted by Gasteiger charge is 2.38. The van der Waals surface area contributed by atoms with Gasteiger partial charge in [-0.3, -0.25) is 9.53 Å². The van der Waals surface area contributed by atoms with Crippen LogP contribution in [-0.4, -0.2) is 64.5 Å². The van der Waals surface area contributed by atoms with Crippen molar-refractivity contribution in [3.63, 3.8) is 0 Å². The van der Waals surface area contributed by atoms with Crippen LogP contribution in [0.1, 0.15) is 74.6 Å². The number of hydrogen-bond donors (Lipinski definition) is 1. The predicted octanol–water partition coefficient (Wildman–Crippen LogP) is 4.65. The number of nitrogens with zero attached hydrogens (tertiary/aromatic N) is 3. The Bertz CT molecular complexity index is 989. The van der Waals surface area contributed by atoms with E-state index in [0.717, 1.165) is 55.9 Å². The summed E-state index contributed by atoms with van der Waals surface area (Å²) < 4.78 is 46.9. The van der Waals surface area contributed by atoms with Crippen LogP contribution in [0.5, 0.6) is 0 Å². The zero-order valence-corrected chi connectivity index (χ0v) is 19.1. The van der Waals surface area contributed by atoms with Crippen molar-refractivity contribution in [3.8, 4) is 0 Å². The molecule has 34 heavy (non-hydrogen) atoms. The summed E-state index contributed by atoms with van der Waals surface area (Å²) >= 11 is 0. The van der Waals surface area contributed by atoms with Crippen molar-refractivity contribution in [1.82, 2.24) is 19.9 Å². The van der Waals surface area contributed by atoms with E-state index >= 15 is 0 Å². The van der Waals surface area contributed by atoms with E-state index < -0.39 is 12.5 Å². The van der Waals surface area contributed by atoms with Gasteiger partial charge in [0, 0.05) is 44.3 Å². The average molecular weight is 481 g/mol. The zero-order valence-electron chi connectivity index (χ0n) is 19.1. The number of alkyl halides is 3. The quantitative estimate of drug-likeness (QED) is 0.689. The van der Waals surface area contributed by atoms with E-state index in [-0.39, 0.29) is 24.7 Å². The first-order valence-corrected chi connectivity index (χ1v) is 12.3. The number of piperidine rings is 1. The van der Waals surface area contributed by atoms with E-state index in [9.17, 15) is 18.0 Å². The van der Waals surface area contributed by atoms with Gasteiger partial charge in [-0.05, 0) is 68.9 Å². The second-order valence-electron chi connectivity index (χ2n) is 9.74. The van der Waals surface area contributed by atoms with Gasteiger partial charge in [0.1, 0.15) is 11.3 Å². The third-order valence-corrected chi connectivity index (χ3v) is 7.61. The number of ether oxygens (including phenoxy) is 2. The molecule has 0 unspecified atom stereocenters. The number of aromatic nitrogens is 3. The van der Waals surface area contributed by atoms with Crippen molar-refractivity contribution >= 4 is 17.1 Å². The Hall–Kier alpha value is -2.20. The lowest BCUT2D eigenvalue weighted by molar-refractivity contribution is -0.345. The Balaban J connectivity index is 1.18. The van der Waals surface area contributed by atoms with Gasteiger partial charge in [-0.15, -0.1) is 13.2 Å². The summed E-state index contributed by atoms with van der Waals surface area (Å²) in [6, 6.07) is 2.04. The average Bonchev–Trinajstić information content (AvgIpc) is 3.28. The number of imidazole rings is 1. The fourth-order valence-corrected chi connectivity index (χ4v) is 5.73. The number of carbonyl (C=O) groups is 1. The summed E-state index contributed by atoms with van der Waals surface area (Å²) in [4.78, 5) is 27.7. The molecule has 2 saturated heterocycles. The van der Waals surface area contributed by atoms with Gasteiger partial charge in [0.05, 0.1) is 6.10 Å². The van der Waals surface area contributed by atoms with Gasteiger partial charge in [0.15, 0.2) is 5.65 Å². The molecule has 2 aromatic rings. The van der Waals surface area contributed by atoms with Crippen molar-refractivity contribution in [2.45, 2.75) is 75.7 Å². The molecule has 2 aromatic heterocycles. The number of halogens is 3. The Morgan fingerprint density at radius 2 is 1.74 bits per heavy atom. The number of likely N-dealkylation sites (tertiary alicyclic amines) is 1. The molecule has 1 N–H and O–H groups in total. The predicted molar refractivity (Wildman–Crippen MR) is 118 cm³/mol. The molecule has 3 aliphatic rings. The molecule has 0 aromatic carbocycles. The summed E-state index contributed by atoms with van der Waals surface area (Å²) in [6.45, 7) is 2.82. The van der Waals surface area contributed by atoms with Crippen molar-refractivity contribution in [2.75, 3.05) is 26.3 Å². The van der Waals surface area contributed by atoms with Crippen LogP contribution < -0.4 is 0 Å². The van der Waals surface area contributed by atoms with Gasteiger partial charge >= 0.3 is 6.36 Å². The molecule has 3 fully saturated rings. The lowest BCUT2D eigenvalue weighted by Crippen LogP contribution is -2.43. The first kappa shape index (κ1) is 23.5. The molecule has 5 rings (SSSR count). The van der Waals surface area contributed by atoms with Crippen LogP contribution in [-0.2, 0) is 14.3 Å². The molecule has 2 aliphatic heterocycles. The summed E-state index contributed by atoms with van der Waals surface area (Å²) in [6.07, 6.45) is 1.44. The van der Waals surface area contributed by atoms with Crippen LogP contribution >= 0.6 is 0 Å². The first-order chi connectivity index (χ1) is 16.4. The maximum atomic E-state index is 13.0. The van der Waals surface area contributed by atoms with Crippen LogP contribution in [0.15, 0.2) is 12.3 Å². The molecule has 1 saturated carbocycles. The van der Waals surface area contributed by atoms with E-state index in [4.69, 9.17) is 9.72 Å². The largest absolute Gasteiger partial charge is 0.522 e. The fourth-order valence-electron chi connectivity index (χ4n) is 5.73. The number of pyridine rings is 1. The maximum Gasteiger partial charge on any atom is 0.522 e. The van der Waals surface area contributed by atoms with Crippen LogP contribution in [0.2, 0.25) is 0 Å². The molecule has 7 nitrogen and oxygen atoms in total. The highest BCUT2D eigenvalue weighted by Crippen LogP contribution is 2.36. The molecular formula is C24H31F3N4O3. The Morgan fingerprint density at radius 1 is 1.03 bits per heavy atom. The molecule has 0 spiro atoms. The first-order valence-electron chi connectivity index (χ1n) is 12.3. The Labute approximate surface area is 196 Å². The Morgan fingerprint density at radius 3 is 2.41 bits per heavy atom. The van der Waals surface area contributed by atoms with E-state index in [2.05, 4.69) is 14.7 Å². The van der Waals surface area contributed by atoms with E-state index in [1.165, 1.54) is 5.56 Å². The summed E-state index contributed by atoms with van der Waals surface area (Å²) in [5.41, 5.74) is 2.92. The van der Waals surface area contributed by atoms with Crippen LogP contribution in [0.25, 0.3) is 11.2 Å². The summed E-state index contributed by atoms with van der Waals surface area (Å²) in [5, 5.41) is 0. The number of carbonyl (C=O) groups excluding carboxylic acids is 1. The van der Waals surface area contributed by atoms with Crippen LogP contribution in [0.3, 0.4) is 0 Å². The molecule has 1 aliphatic carbocycles. The number of fused-ring (bicyclic) bond motifs is 1. The van der Waals surface area contributed by atoms with Crippen molar-refractivity contribution in [1.29, 1.82) is 0 Å². The van der Waals surface area contributed by atoms with Crippen molar-refractivity contribution < 1.29 is 27.4 Å². The van der Waals surface area contributed by atoms with Gasteiger partial charge in [0.25, 0.3) is 0 Å². The fraction of sp³-hybridized carbons (Fsp3) is 0.708. The molecule has 4 heterocycles. The van der Waals surface area contributed by atoms with E-state index in [0.29, 0.717) is 37.8 Å². The van der Waals surface area contributed by atoms with E-state index in [1.807, 2.05) is 17.2 Å². The minimum atomic E-state index is -4.61. The standard InChI is InChI=1S/C24H31F3N4O3/c25-24(26,27)34-18-3-1-17(2-4-18)23(32)31-11-6-15(7-12-31)19-5-10-28-22-20(19)29-21(30-22)16-8-13-33-14-9-16/h5,10,15-18H,1-4,6-9,11-14H2,(H,28,29,30)/t17-,18-. The summed E-state index contributed by atoms with van der Waals surface area (Å²) in [7, 11) is 0. The molecule has 0 atom stereocenters. The minimum Gasteiger partial charge on any atom is -0.381 e. The minimum absolute atomic E-state index is 0.0744. The topological polar surface area (TPSA) is 80.3 Å². The number of aromatic amines is 1. The van der Waals surface area contributed by atoms with Gasteiger partial charge < -0.3 is 14.6 Å². The lowest BCUT2D eigenvalue weighted by atomic mass is 9.84. The molecule has 10 heteroatoms. The summed E-state index contributed by atoms with van der Waals surface area (Å²) in [5.74, 6) is 1.52. The monoisotopic (exact) mass is 480 g/mol. The number of nitrogens with one attached hydrogen (secondary N) is 1.